The van der Waals surface area contributed by atoms with Crippen LogP contribution in [0.25, 0.3) is 10.9 Å². The third-order valence-corrected chi connectivity index (χ3v) is 4.76. The summed E-state index contributed by atoms with van der Waals surface area (Å²) in [5.41, 5.74) is 0.110. The van der Waals surface area contributed by atoms with Crippen LogP contribution < -0.4 is 0 Å². The molecule has 28 heavy (non-hydrogen) atoms. The first-order valence-electron chi connectivity index (χ1n) is 8.78. The molecule has 1 aliphatic rings. The number of carbonyl (C=O) groups is 1. The Hall–Kier alpha value is -3.16. The zero-order valence-corrected chi connectivity index (χ0v) is 14.6. The number of carbonyl (C=O) groups excluding carboxylic acids is 1. The van der Waals surface area contributed by atoms with E-state index in [4.69, 9.17) is 0 Å². The lowest BCUT2D eigenvalue weighted by Crippen LogP contribution is -2.05. The van der Waals surface area contributed by atoms with Crippen molar-refractivity contribution in [2.24, 2.45) is 16.1 Å². The molecule has 1 aromatic heterocycles. The van der Waals surface area contributed by atoms with E-state index >= 15 is 0 Å². The Morgan fingerprint density at radius 1 is 1.11 bits per heavy atom. The fourth-order valence-electron chi connectivity index (χ4n) is 3.07. The van der Waals surface area contributed by atoms with Crippen molar-refractivity contribution in [3.05, 3.63) is 59.7 Å². The van der Waals surface area contributed by atoms with Crippen LogP contribution in [0.2, 0.25) is 0 Å². The summed E-state index contributed by atoms with van der Waals surface area (Å²) in [6.45, 7) is 0.661. The van der Waals surface area contributed by atoms with Gasteiger partial charge in [0.15, 0.2) is 5.69 Å². The van der Waals surface area contributed by atoms with Gasteiger partial charge in [-0.3, -0.25) is 4.79 Å². The maximum absolute atomic E-state index is 12.6. The number of alkyl halides is 3. The van der Waals surface area contributed by atoms with Gasteiger partial charge in [0.05, 0.1) is 11.1 Å². The molecule has 1 saturated carbocycles. The van der Waals surface area contributed by atoms with Gasteiger partial charge in [-0.1, -0.05) is 18.2 Å². The maximum atomic E-state index is 12.6. The van der Waals surface area contributed by atoms with Crippen molar-refractivity contribution < 1.29 is 23.1 Å². The molecule has 3 aromatic rings. The van der Waals surface area contributed by atoms with E-state index in [9.17, 15) is 23.1 Å². The van der Waals surface area contributed by atoms with Gasteiger partial charge in [-0.05, 0) is 49.1 Å². The van der Waals surface area contributed by atoms with E-state index in [0.29, 0.717) is 17.8 Å². The first-order chi connectivity index (χ1) is 13.3. The molecule has 8 heteroatoms. The number of para-hydroxylation sites is 1. The number of azo groups is 1. The van der Waals surface area contributed by atoms with E-state index in [0.717, 1.165) is 42.6 Å². The molecule has 144 valence electrons. The van der Waals surface area contributed by atoms with E-state index < -0.39 is 17.6 Å². The Morgan fingerprint density at radius 2 is 1.79 bits per heavy atom. The van der Waals surface area contributed by atoms with Crippen LogP contribution in [0.1, 0.15) is 28.8 Å². The number of rotatable bonds is 4. The van der Waals surface area contributed by atoms with Crippen LogP contribution in [-0.4, -0.2) is 15.6 Å². The van der Waals surface area contributed by atoms with Gasteiger partial charge in [-0.25, -0.2) is 0 Å². The first kappa shape index (κ1) is 18.2. The number of amides is 1. The van der Waals surface area contributed by atoms with Crippen LogP contribution in [0.4, 0.5) is 18.9 Å². The van der Waals surface area contributed by atoms with Crippen molar-refractivity contribution in [1.82, 2.24) is 4.57 Å². The number of halogens is 3. The summed E-state index contributed by atoms with van der Waals surface area (Å²) in [5.74, 6) is -0.343. The zero-order chi connectivity index (χ0) is 19.9. The first-order valence-corrected chi connectivity index (χ1v) is 8.78. The molecule has 1 fully saturated rings. The Balaban J connectivity index is 1.63. The van der Waals surface area contributed by atoms with Crippen molar-refractivity contribution in [3.8, 4) is 5.88 Å². The predicted molar refractivity (Wildman–Crippen MR) is 96.6 cm³/mol. The molecule has 5 nitrogen and oxygen atoms in total. The summed E-state index contributed by atoms with van der Waals surface area (Å²) < 4.78 is 39.6. The highest BCUT2D eigenvalue weighted by molar-refractivity contribution is 5.97. The van der Waals surface area contributed by atoms with Crippen molar-refractivity contribution in [2.75, 3.05) is 0 Å². The molecular weight excluding hydrogens is 371 g/mol. The van der Waals surface area contributed by atoms with Gasteiger partial charge < -0.3 is 9.67 Å². The number of hydrogen-bond acceptors (Lipinski definition) is 3. The lowest BCUT2D eigenvalue weighted by Gasteiger charge is -2.05. The second-order valence-corrected chi connectivity index (χ2v) is 6.82. The molecule has 0 saturated heterocycles. The van der Waals surface area contributed by atoms with Crippen molar-refractivity contribution in [3.63, 3.8) is 0 Å². The standard InChI is InChI=1S/C20H16F3N3O2/c21-20(22,23)14-9-7-13(8-10-14)18(27)25-24-17-15-3-1-2-4-16(15)26(19(17)28)11-12-5-6-12/h1-4,7-10,12,28H,5-6,11H2. The highest BCUT2D eigenvalue weighted by Crippen LogP contribution is 2.42. The third kappa shape index (κ3) is 3.49. The fourth-order valence-corrected chi connectivity index (χ4v) is 3.07. The van der Waals surface area contributed by atoms with E-state index in [1.807, 2.05) is 12.1 Å². The highest BCUT2D eigenvalue weighted by atomic mass is 19.4. The van der Waals surface area contributed by atoms with Gasteiger partial charge in [-0.2, -0.15) is 13.2 Å². The molecule has 2 aromatic carbocycles. The average Bonchev–Trinajstić information content (AvgIpc) is 3.45. The summed E-state index contributed by atoms with van der Waals surface area (Å²) >= 11 is 0. The summed E-state index contributed by atoms with van der Waals surface area (Å²) in [7, 11) is 0. The van der Waals surface area contributed by atoms with Gasteiger partial charge >= 0.3 is 6.18 Å². The minimum absolute atomic E-state index is 0.0158. The third-order valence-electron chi connectivity index (χ3n) is 4.76. The molecule has 1 amide bonds. The molecule has 1 heterocycles. The second kappa shape index (κ2) is 6.78. The number of aromatic hydroxyl groups is 1. The number of benzene rings is 2. The monoisotopic (exact) mass is 387 g/mol. The number of fused-ring (bicyclic) bond motifs is 1. The van der Waals surface area contributed by atoms with Crippen LogP contribution in [0.15, 0.2) is 58.8 Å². The van der Waals surface area contributed by atoms with E-state index in [1.54, 1.807) is 16.7 Å². The summed E-state index contributed by atoms with van der Waals surface area (Å²) in [6, 6.07) is 11.0. The lowest BCUT2D eigenvalue weighted by molar-refractivity contribution is -0.137. The molecule has 1 N–H and O–H groups in total. The van der Waals surface area contributed by atoms with Crippen molar-refractivity contribution in [2.45, 2.75) is 25.6 Å². The van der Waals surface area contributed by atoms with Crippen LogP contribution in [0.5, 0.6) is 5.88 Å². The smallest absolute Gasteiger partial charge is 0.416 e. The SMILES string of the molecule is O=C(N=Nc1c(O)n(CC2CC2)c2ccccc12)c1ccc(C(F)(F)F)cc1. The largest absolute Gasteiger partial charge is 0.493 e. The highest BCUT2D eigenvalue weighted by Gasteiger charge is 2.30. The van der Waals surface area contributed by atoms with E-state index in [1.165, 1.54) is 0 Å². The average molecular weight is 387 g/mol. The molecule has 0 unspecified atom stereocenters. The van der Waals surface area contributed by atoms with Gasteiger partial charge in [0.25, 0.3) is 5.91 Å². The van der Waals surface area contributed by atoms with Gasteiger partial charge in [0.2, 0.25) is 5.88 Å². The molecule has 0 radical (unpaired) electrons. The van der Waals surface area contributed by atoms with E-state index in [2.05, 4.69) is 10.2 Å². The normalized spacial score (nSPS) is 14.8. The number of aromatic nitrogens is 1. The zero-order valence-electron chi connectivity index (χ0n) is 14.6. The minimum atomic E-state index is -4.47. The van der Waals surface area contributed by atoms with Gasteiger partial charge in [0.1, 0.15) is 0 Å². The van der Waals surface area contributed by atoms with Crippen molar-refractivity contribution >= 4 is 22.5 Å². The second-order valence-electron chi connectivity index (χ2n) is 6.82. The molecule has 0 bridgehead atoms. The van der Waals surface area contributed by atoms with Crippen molar-refractivity contribution in [1.29, 1.82) is 0 Å². The molecular formula is C20H16F3N3O2. The molecule has 0 spiro atoms. The summed E-state index contributed by atoms with van der Waals surface area (Å²) in [5, 5.41) is 18.7. The van der Waals surface area contributed by atoms with E-state index in [-0.39, 0.29) is 17.1 Å². The summed E-state index contributed by atoms with van der Waals surface area (Å²) in [6.07, 6.45) is -2.26. The van der Waals surface area contributed by atoms with Crippen LogP contribution in [-0.2, 0) is 12.7 Å². The minimum Gasteiger partial charge on any atom is -0.493 e. The van der Waals surface area contributed by atoms with Gasteiger partial charge in [0, 0.05) is 17.5 Å². The fraction of sp³-hybridized carbons (Fsp3) is 0.250. The number of hydrogen-bond donors (Lipinski definition) is 1. The van der Waals surface area contributed by atoms with Crippen LogP contribution >= 0.6 is 0 Å². The molecule has 4 rings (SSSR count). The van der Waals surface area contributed by atoms with Crippen LogP contribution in [0.3, 0.4) is 0 Å². The predicted octanol–water partition coefficient (Wildman–Crippen LogP) is 5.70. The van der Waals surface area contributed by atoms with Gasteiger partial charge in [-0.15, -0.1) is 10.2 Å². The van der Waals surface area contributed by atoms with Crippen LogP contribution in [0, 0.1) is 5.92 Å². The Bertz CT molecular complexity index is 1060. The topological polar surface area (TPSA) is 66.9 Å². The lowest BCUT2D eigenvalue weighted by atomic mass is 10.1. The Labute approximate surface area is 158 Å². The molecule has 0 aliphatic heterocycles. The number of nitrogens with zero attached hydrogens (tertiary/aromatic N) is 3. The summed E-state index contributed by atoms with van der Waals surface area (Å²) in [4.78, 5) is 12.2. The Morgan fingerprint density at radius 3 is 2.43 bits per heavy atom. The maximum Gasteiger partial charge on any atom is 0.416 e. The Kier molecular flexibility index (Phi) is 4.41. The quantitative estimate of drug-likeness (QED) is 0.584. The molecule has 1 aliphatic carbocycles. The molecule has 0 atom stereocenters.